The number of nitrogens with one attached hydrogen (secondary N) is 1. The summed E-state index contributed by atoms with van der Waals surface area (Å²) in [5.74, 6) is 2.16. The van der Waals surface area contributed by atoms with Gasteiger partial charge in [-0.2, -0.15) is 0 Å². The molecule has 0 amide bonds. The van der Waals surface area contributed by atoms with E-state index in [-0.39, 0.29) is 11.2 Å². The average Bonchev–Trinajstić information content (AvgIpc) is 2.76. The maximum absolute atomic E-state index is 13.3. The first-order valence-electron chi connectivity index (χ1n) is 10.6. The molecule has 30 heavy (non-hydrogen) atoms. The smallest absolute Gasteiger partial charge is 0.200 e. The van der Waals surface area contributed by atoms with Crippen molar-refractivity contribution in [2.24, 2.45) is 5.92 Å². The van der Waals surface area contributed by atoms with Gasteiger partial charge in [-0.05, 0) is 42.7 Å². The van der Waals surface area contributed by atoms with E-state index in [4.69, 9.17) is 13.9 Å². The topological polar surface area (TPSA) is 73.3 Å². The van der Waals surface area contributed by atoms with E-state index in [1.54, 1.807) is 12.1 Å². The fourth-order valence-corrected chi connectivity index (χ4v) is 4.64. The van der Waals surface area contributed by atoms with E-state index in [1.165, 1.54) is 24.0 Å². The standard InChI is InChI=1S/C24H25NO5/c1-15-3-2-8-25(12-15)13-18-20(26)6-5-17-23(27)19(14-30-24(17)18)16-4-7-21-22(11-16)29-10-9-28-21/h4-7,11,14-15,26H,2-3,8-10,12-13H2,1H3/p+1. The third kappa shape index (κ3) is 3.41. The molecule has 3 aromatic rings. The van der Waals surface area contributed by atoms with Gasteiger partial charge in [-0.3, -0.25) is 4.79 Å². The molecule has 0 saturated carbocycles. The van der Waals surface area contributed by atoms with E-state index < -0.39 is 0 Å². The number of ether oxygens (including phenoxy) is 2. The van der Waals surface area contributed by atoms with Gasteiger partial charge in [0, 0.05) is 5.92 Å². The van der Waals surface area contributed by atoms with Crippen molar-refractivity contribution in [3.8, 4) is 28.4 Å². The van der Waals surface area contributed by atoms with Crippen LogP contribution in [0.2, 0.25) is 0 Å². The van der Waals surface area contributed by atoms with Crippen molar-refractivity contribution in [2.75, 3.05) is 26.3 Å². The fraction of sp³-hybridized carbons (Fsp3) is 0.375. The number of likely N-dealkylation sites (tertiary alicyclic amines) is 1. The molecular weight excluding hydrogens is 382 g/mol. The van der Waals surface area contributed by atoms with Gasteiger partial charge in [0.25, 0.3) is 0 Å². The third-order valence-electron chi connectivity index (χ3n) is 6.16. The van der Waals surface area contributed by atoms with Crippen LogP contribution in [0.1, 0.15) is 25.3 Å². The molecule has 1 aromatic heterocycles. The summed E-state index contributed by atoms with van der Waals surface area (Å²) in [6, 6.07) is 8.72. The Hall–Kier alpha value is -2.99. The van der Waals surface area contributed by atoms with Gasteiger partial charge < -0.3 is 23.9 Å². The predicted octanol–water partition coefficient (Wildman–Crippen LogP) is 2.75. The Morgan fingerprint density at radius 3 is 2.80 bits per heavy atom. The maximum atomic E-state index is 13.3. The first-order valence-corrected chi connectivity index (χ1v) is 10.6. The van der Waals surface area contributed by atoms with Gasteiger partial charge >= 0.3 is 0 Å². The first kappa shape index (κ1) is 19.0. The number of piperidine rings is 1. The predicted molar refractivity (Wildman–Crippen MR) is 113 cm³/mol. The number of fused-ring (bicyclic) bond motifs is 2. The molecule has 1 saturated heterocycles. The van der Waals surface area contributed by atoms with Crippen LogP contribution in [-0.4, -0.2) is 31.4 Å². The Morgan fingerprint density at radius 1 is 1.13 bits per heavy atom. The molecule has 2 atom stereocenters. The molecule has 156 valence electrons. The fourth-order valence-electron chi connectivity index (χ4n) is 4.64. The molecule has 3 heterocycles. The number of aromatic hydroxyl groups is 1. The number of benzene rings is 2. The molecule has 0 aliphatic carbocycles. The Balaban J connectivity index is 1.55. The summed E-state index contributed by atoms with van der Waals surface area (Å²) in [6.07, 6.45) is 3.92. The van der Waals surface area contributed by atoms with Crippen LogP contribution in [0.15, 0.2) is 45.8 Å². The highest BCUT2D eigenvalue weighted by atomic mass is 16.6. The monoisotopic (exact) mass is 408 g/mol. The minimum Gasteiger partial charge on any atom is -0.507 e. The van der Waals surface area contributed by atoms with Crippen LogP contribution in [0.3, 0.4) is 0 Å². The summed E-state index contributed by atoms with van der Waals surface area (Å²) in [7, 11) is 0. The highest BCUT2D eigenvalue weighted by Gasteiger charge is 2.24. The minimum atomic E-state index is -0.115. The average molecular weight is 408 g/mol. The van der Waals surface area contributed by atoms with E-state index in [1.807, 2.05) is 18.2 Å². The van der Waals surface area contributed by atoms with Gasteiger partial charge in [0.2, 0.25) is 5.43 Å². The van der Waals surface area contributed by atoms with Crippen LogP contribution in [0.25, 0.3) is 22.1 Å². The highest BCUT2D eigenvalue weighted by Crippen LogP contribution is 2.34. The molecular formula is C24H26NO5+. The van der Waals surface area contributed by atoms with Crippen LogP contribution >= 0.6 is 0 Å². The summed E-state index contributed by atoms with van der Waals surface area (Å²) in [6.45, 7) is 6.06. The van der Waals surface area contributed by atoms with Crippen LogP contribution in [0.5, 0.6) is 17.2 Å². The number of rotatable bonds is 3. The normalized spacial score (nSPS) is 21.0. The lowest BCUT2D eigenvalue weighted by Gasteiger charge is -2.28. The molecule has 1 fully saturated rings. The second kappa shape index (κ2) is 7.69. The maximum Gasteiger partial charge on any atom is 0.200 e. The SMILES string of the molecule is CC1CCC[NH+](Cc2c(O)ccc3c(=O)c(-c4ccc5c(c4)OCCO5)coc23)C1. The lowest BCUT2D eigenvalue weighted by atomic mass is 9.99. The molecule has 0 bridgehead atoms. The van der Waals surface area contributed by atoms with Crippen molar-refractivity contribution in [3.05, 3.63) is 52.4 Å². The summed E-state index contributed by atoms with van der Waals surface area (Å²) >= 11 is 0. The zero-order valence-corrected chi connectivity index (χ0v) is 17.1. The summed E-state index contributed by atoms with van der Waals surface area (Å²) in [5, 5.41) is 11.0. The second-order valence-corrected chi connectivity index (χ2v) is 8.41. The van der Waals surface area contributed by atoms with Gasteiger partial charge in [0.1, 0.15) is 37.4 Å². The van der Waals surface area contributed by atoms with Crippen molar-refractivity contribution in [1.82, 2.24) is 0 Å². The number of quaternary nitrogens is 1. The zero-order chi connectivity index (χ0) is 20.7. The van der Waals surface area contributed by atoms with Gasteiger partial charge in [0.05, 0.1) is 29.6 Å². The van der Waals surface area contributed by atoms with Crippen molar-refractivity contribution < 1.29 is 23.9 Å². The van der Waals surface area contributed by atoms with E-state index in [0.717, 1.165) is 18.7 Å². The summed E-state index contributed by atoms with van der Waals surface area (Å²) in [5.41, 5.74) is 2.26. The van der Waals surface area contributed by atoms with Crippen molar-refractivity contribution in [2.45, 2.75) is 26.3 Å². The lowest BCUT2D eigenvalue weighted by Crippen LogP contribution is -3.12. The molecule has 2 aliphatic rings. The number of hydrogen-bond donors (Lipinski definition) is 2. The number of phenolic OH excluding ortho intramolecular Hbond substituents is 1. The Bertz CT molecular complexity index is 1150. The largest absolute Gasteiger partial charge is 0.507 e. The Kier molecular flexibility index (Phi) is 4.87. The van der Waals surface area contributed by atoms with Gasteiger partial charge in [-0.25, -0.2) is 0 Å². The minimum absolute atomic E-state index is 0.115. The van der Waals surface area contributed by atoms with E-state index in [9.17, 15) is 9.90 Å². The van der Waals surface area contributed by atoms with E-state index >= 15 is 0 Å². The van der Waals surface area contributed by atoms with E-state index in [0.29, 0.717) is 59.3 Å². The molecule has 2 unspecified atom stereocenters. The first-order chi connectivity index (χ1) is 14.6. The van der Waals surface area contributed by atoms with Crippen LogP contribution in [0, 0.1) is 5.92 Å². The van der Waals surface area contributed by atoms with Crippen molar-refractivity contribution >= 4 is 11.0 Å². The third-order valence-corrected chi connectivity index (χ3v) is 6.16. The van der Waals surface area contributed by atoms with Gasteiger partial charge in [0.15, 0.2) is 11.5 Å². The molecule has 0 spiro atoms. The number of phenols is 1. The summed E-state index contributed by atoms with van der Waals surface area (Å²) in [4.78, 5) is 14.7. The van der Waals surface area contributed by atoms with Gasteiger partial charge in [-0.1, -0.05) is 13.0 Å². The molecule has 6 heteroatoms. The highest BCUT2D eigenvalue weighted by molar-refractivity contribution is 5.85. The van der Waals surface area contributed by atoms with Crippen LogP contribution < -0.4 is 19.8 Å². The zero-order valence-electron chi connectivity index (χ0n) is 17.1. The van der Waals surface area contributed by atoms with Crippen LogP contribution in [-0.2, 0) is 6.54 Å². The molecule has 0 radical (unpaired) electrons. The van der Waals surface area contributed by atoms with Gasteiger partial charge in [-0.15, -0.1) is 0 Å². The Labute approximate surface area is 174 Å². The molecule has 2 aromatic carbocycles. The van der Waals surface area contributed by atoms with Crippen LogP contribution in [0.4, 0.5) is 0 Å². The second-order valence-electron chi connectivity index (χ2n) is 8.41. The molecule has 6 nitrogen and oxygen atoms in total. The molecule has 2 aliphatic heterocycles. The lowest BCUT2D eigenvalue weighted by molar-refractivity contribution is -0.922. The molecule has 2 N–H and O–H groups in total. The number of hydrogen-bond acceptors (Lipinski definition) is 5. The van der Waals surface area contributed by atoms with E-state index in [2.05, 4.69) is 6.92 Å². The molecule has 5 rings (SSSR count). The van der Waals surface area contributed by atoms with Crippen molar-refractivity contribution in [1.29, 1.82) is 0 Å². The quantitative estimate of drug-likeness (QED) is 0.697. The Morgan fingerprint density at radius 2 is 1.97 bits per heavy atom. The summed E-state index contributed by atoms with van der Waals surface area (Å²) < 4.78 is 17.2. The van der Waals surface area contributed by atoms with Crippen molar-refractivity contribution in [3.63, 3.8) is 0 Å².